The van der Waals surface area contributed by atoms with Crippen LogP contribution in [-0.4, -0.2) is 27.8 Å². The molecule has 4 rings (SSSR count). The van der Waals surface area contributed by atoms with E-state index in [0.717, 1.165) is 17.0 Å². The maximum absolute atomic E-state index is 11.7. The maximum atomic E-state index is 11.7. The lowest BCUT2D eigenvalue weighted by molar-refractivity contribution is 0.0563. The molecule has 7 nitrogen and oxygen atoms in total. The second-order valence-electron chi connectivity index (χ2n) is 7.08. The second-order valence-corrected chi connectivity index (χ2v) is 8.39. The number of benzene rings is 2. The van der Waals surface area contributed by atoms with Crippen LogP contribution in [0.3, 0.4) is 0 Å². The largest absolute Gasteiger partial charge is 0.485 e. The monoisotopic (exact) mass is 449 g/mol. The minimum atomic E-state index is -0.503. The van der Waals surface area contributed by atoms with Gasteiger partial charge in [-0.25, -0.2) is 4.79 Å². The minimum Gasteiger partial charge on any atom is -0.485 e. The first kappa shape index (κ1) is 21.7. The number of carbonyl (C=O) groups excluding carboxylic acids is 1. The molecule has 4 aromatic rings. The summed E-state index contributed by atoms with van der Waals surface area (Å²) >= 11 is 1.48. The number of aryl methyl sites for hydroxylation is 1. The van der Waals surface area contributed by atoms with Crippen molar-refractivity contribution in [3.05, 3.63) is 89.6 Å². The number of methoxy groups -OCH3 is 1. The van der Waals surface area contributed by atoms with Crippen molar-refractivity contribution in [3.8, 4) is 11.4 Å². The van der Waals surface area contributed by atoms with Gasteiger partial charge in [0.2, 0.25) is 5.76 Å². The van der Waals surface area contributed by atoms with Crippen LogP contribution >= 0.6 is 11.8 Å². The summed E-state index contributed by atoms with van der Waals surface area (Å²) in [6, 6.07) is 21.1. The first-order chi connectivity index (χ1) is 15.6. The molecule has 0 saturated carbocycles. The second kappa shape index (κ2) is 9.74. The number of hydrogen-bond donors (Lipinski definition) is 0. The molecule has 0 aliphatic heterocycles. The van der Waals surface area contributed by atoms with Gasteiger partial charge in [-0.2, -0.15) is 0 Å². The summed E-state index contributed by atoms with van der Waals surface area (Å²) in [5.41, 5.74) is 1.99. The lowest BCUT2D eigenvalue weighted by atomic mass is 10.2. The fourth-order valence-electron chi connectivity index (χ4n) is 3.17. The molecule has 164 valence electrons. The number of aromatic nitrogens is 3. The van der Waals surface area contributed by atoms with Crippen molar-refractivity contribution in [2.45, 2.75) is 30.9 Å². The van der Waals surface area contributed by atoms with Gasteiger partial charge in [0.15, 0.2) is 11.0 Å². The van der Waals surface area contributed by atoms with E-state index in [1.54, 1.807) is 12.1 Å². The molecule has 0 spiro atoms. The van der Waals surface area contributed by atoms with Crippen LogP contribution in [-0.2, 0) is 11.3 Å². The van der Waals surface area contributed by atoms with Crippen LogP contribution in [0.5, 0.6) is 5.75 Å². The van der Waals surface area contributed by atoms with Gasteiger partial charge in [-0.1, -0.05) is 48.2 Å². The molecule has 0 fully saturated rings. The summed E-state index contributed by atoms with van der Waals surface area (Å²) < 4.78 is 18.4. The van der Waals surface area contributed by atoms with Gasteiger partial charge in [-0.3, -0.25) is 4.57 Å². The standard InChI is InChI=1S/C24H23N3O4S/c1-16-9-7-8-12-19(16)30-15-22-25-26-24(27(22)18-10-5-4-6-11-18)32-17(2)20-13-14-21(31-20)23(28)29-3/h4-14,17H,15H2,1-3H3. The van der Waals surface area contributed by atoms with Crippen molar-refractivity contribution in [3.63, 3.8) is 0 Å². The summed E-state index contributed by atoms with van der Waals surface area (Å²) in [6.45, 7) is 4.26. The summed E-state index contributed by atoms with van der Waals surface area (Å²) in [7, 11) is 1.32. The average molecular weight is 450 g/mol. The fraction of sp³-hybridized carbons (Fsp3) is 0.208. The van der Waals surface area contributed by atoms with Crippen LogP contribution in [0.15, 0.2) is 76.3 Å². The van der Waals surface area contributed by atoms with E-state index in [2.05, 4.69) is 10.2 Å². The number of ether oxygens (including phenoxy) is 2. The quantitative estimate of drug-likeness (QED) is 0.264. The molecule has 2 aromatic heterocycles. The van der Waals surface area contributed by atoms with E-state index in [1.165, 1.54) is 18.9 Å². The van der Waals surface area contributed by atoms with Gasteiger partial charge in [0, 0.05) is 5.69 Å². The van der Waals surface area contributed by atoms with Crippen LogP contribution in [0.1, 0.15) is 39.9 Å². The van der Waals surface area contributed by atoms with Crippen molar-refractivity contribution in [2.24, 2.45) is 0 Å². The van der Waals surface area contributed by atoms with Crippen molar-refractivity contribution in [1.29, 1.82) is 0 Å². The summed E-state index contributed by atoms with van der Waals surface area (Å²) in [5.74, 6) is 1.81. The van der Waals surface area contributed by atoms with Crippen LogP contribution < -0.4 is 4.74 Å². The predicted molar refractivity (Wildman–Crippen MR) is 121 cm³/mol. The number of furan rings is 1. The molecule has 0 aliphatic rings. The van der Waals surface area contributed by atoms with E-state index in [0.29, 0.717) is 16.7 Å². The Balaban J connectivity index is 1.60. The van der Waals surface area contributed by atoms with E-state index < -0.39 is 5.97 Å². The van der Waals surface area contributed by atoms with Crippen LogP contribution in [0.2, 0.25) is 0 Å². The SMILES string of the molecule is COC(=O)c1ccc(C(C)Sc2nnc(COc3ccccc3C)n2-c2ccccc2)o1. The zero-order valence-electron chi connectivity index (χ0n) is 18.0. The molecule has 32 heavy (non-hydrogen) atoms. The summed E-state index contributed by atoms with van der Waals surface area (Å²) in [4.78, 5) is 11.7. The smallest absolute Gasteiger partial charge is 0.373 e. The highest BCUT2D eigenvalue weighted by Crippen LogP contribution is 2.36. The minimum absolute atomic E-state index is 0.106. The molecule has 8 heteroatoms. The molecule has 2 heterocycles. The number of hydrogen-bond acceptors (Lipinski definition) is 7. The van der Waals surface area contributed by atoms with Crippen LogP contribution in [0.25, 0.3) is 5.69 Å². The molecule has 0 radical (unpaired) electrons. The molecule has 1 atom stereocenters. The Morgan fingerprint density at radius 1 is 1.06 bits per heavy atom. The van der Waals surface area contributed by atoms with Gasteiger partial charge in [0.05, 0.1) is 12.4 Å². The Bertz CT molecular complexity index is 1200. The molecule has 0 amide bonds. The van der Waals surface area contributed by atoms with Gasteiger partial charge in [0.1, 0.15) is 18.1 Å². The molecule has 0 aliphatic carbocycles. The third-order valence-electron chi connectivity index (χ3n) is 4.86. The number of esters is 1. The third kappa shape index (κ3) is 4.70. The Kier molecular flexibility index (Phi) is 6.61. The Morgan fingerprint density at radius 2 is 1.81 bits per heavy atom. The molecule has 2 aromatic carbocycles. The van der Waals surface area contributed by atoms with Crippen molar-refractivity contribution in [1.82, 2.24) is 14.8 Å². The van der Waals surface area contributed by atoms with Gasteiger partial charge < -0.3 is 13.9 Å². The molecule has 0 bridgehead atoms. The number of carbonyl (C=O) groups is 1. The highest BCUT2D eigenvalue weighted by molar-refractivity contribution is 7.99. The fourth-order valence-corrected chi connectivity index (χ4v) is 4.13. The lowest BCUT2D eigenvalue weighted by Gasteiger charge is -2.13. The summed E-state index contributed by atoms with van der Waals surface area (Å²) in [5, 5.41) is 9.40. The Hall–Kier alpha value is -3.52. The first-order valence-corrected chi connectivity index (χ1v) is 11.0. The zero-order valence-corrected chi connectivity index (χ0v) is 18.8. The number of thioether (sulfide) groups is 1. The van der Waals surface area contributed by atoms with Crippen molar-refractivity contribution < 1.29 is 18.7 Å². The van der Waals surface area contributed by atoms with Crippen molar-refractivity contribution in [2.75, 3.05) is 7.11 Å². The number of nitrogens with zero attached hydrogens (tertiary/aromatic N) is 3. The first-order valence-electron chi connectivity index (χ1n) is 10.1. The van der Waals surface area contributed by atoms with E-state index in [-0.39, 0.29) is 17.6 Å². The van der Waals surface area contributed by atoms with Crippen LogP contribution in [0.4, 0.5) is 0 Å². The predicted octanol–water partition coefficient (Wildman–Crippen LogP) is 5.39. The average Bonchev–Trinajstić information content (AvgIpc) is 3.46. The van der Waals surface area contributed by atoms with Gasteiger partial charge in [-0.05, 0) is 49.7 Å². The number of rotatable bonds is 8. The molecular formula is C24H23N3O4S. The van der Waals surface area contributed by atoms with Gasteiger partial charge in [0.25, 0.3) is 0 Å². The maximum Gasteiger partial charge on any atom is 0.373 e. The zero-order chi connectivity index (χ0) is 22.5. The van der Waals surface area contributed by atoms with E-state index in [4.69, 9.17) is 13.9 Å². The molecule has 0 N–H and O–H groups in total. The third-order valence-corrected chi connectivity index (χ3v) is 5.92. The van der Waals surface area contributed by atoms with Gasteiger partial charge >= 0.3 is 5.97 Å². The highest BCUT2D eigenvalue weighted by Gasteiger charge is 2.21. The summed E-state index contributed by atoms with van der Waals surface area (Å²) in [6.07, 6.45) is 0. The lowest BCUT2D eigenvalue weighted by Crippen LogP contribution is -2.07. The number of para-hydroxylation sites is 2. The van der Waals surface area contributed by atoms with E-state index in [9.17, 15) is 4.79 Å². The molecule has 0 saturated heterocycles. The van der Waals surface area contributed by atoms with E-state index >= 15 is 0 Å². The Labute approximate surface area is 190 Å². The highest BCUT2D eigenvalue weighted by atomic mass is 32.2. The Morgan fingerprint density at radius 3 is 2.56 bits per heavy atom. The normalized spacial score (nSPS) is 11.8. The molecular weight excluding hydrogens is 426 g/mol. The van der Waals surface area contributed by atoms with Crippen molar-refractivity contribution >= 4 is 17.7 Å². The van der Waals surface area contributed by atoms with E-state index in [1.807, 2.05) is 73.0 Å². The topological polar surface area (TPSA) is 79.4 Å². The van der Waals surface area contributed by atoms with Crippen LogP contribution in [0, 0.1) is 6.92 Å². The van der Waals surface area contributed by atoms with Gasteiger partial charge in [-0.15, -0.1) is 10.2 Å². The molecule has 1 unspecified atom stereocenters.